The zero-order valence-corrected chi connectivity index (χ0v) is 19.6. The van der Waals surface area contributed by atoms with E-state index in [1.807, 2.05) is 4.90 Å². The third-order valence-electron chi connectivity index (χ3n) is 6.26. The van der Waals surface area contributed by atoms with Gasteiger partial charge in [0.15, 0.2) is 0 Å². The van der Waals surface area contributed by atoms with Crippen LogP contribution in [0.5, 0.6) is 0 Å². The second kappa shape index (κ2) is 8.77. The van der Waals surface area contributed by atoms with E-state index in [9.17, 15) is 22.0 Å². The average molecular weight is 497 g/mol. The molecule has 5 rings (SSSR count). The van der Waals surface area contributed by atoms with Crippen LogP contribution in [0.15, 0.2) is 71.9 Å². The summed E-state index contributed by atoms with van der Waals surface area (Å²) in [6.07, 6.45) is 4.38. The molecular formula is C25H22F2N4O3S. The summed E-state index contributed by atoms with van der Waals surface area (Å²) in [5, 5.41) is 4.16. The number of carbonyl (C=O) groups excluding carboxylic acids is 1. The Hall–Kier alpha value is -3.79. The van der Waals surface area contributed by atoms with Crippen LogP contribution < -0.4 is 9.62 Å². The minimum absolute atomic E-state index is 0.0162. The van der Waals surface area contributed by atoms with E-state index in [0.29, 0.717) is 29.7 Å². The zero-order chi connectivity index (χ0) is 24.7. The van der Waals surface area contributed by atoms with Crippen molar-refractivity contribution in [1.82, 2.24) is 14.3 Å². The Bertz CT molecular complexity index is 1550. The molecule has 1 aliphatic heterocycles. The van der Waals surface area contributed by atoms with E-state index in [2.05, 4.69) is 9.82 Å². The maximum absolute atomic E-state index is 14.5. The Morgan fingerprint density at radius 2 is 1.91 bits per heavy atom. The van der Waals surface area contributed by atoms with Gasteiger partial charge in [0.25, 0.3) is 15.9 Å². The summed E-state index contributed by atoms with van der Waals surface area (Å²) in [7, 11) is -4.09. The molecule has 2 aromatic heterocycles. The Morgan fingerprint density at radius 1 is 1.11 bits per heavy atom. The topological polar surface area (TPSA) is 83.8 Å². The molecule has 0 radical (unpaired) electrons. The van der Waals surface area contributed by atoms with Gasteiger partial charge < -0.3 is 4.90 Å². The van der Waals surface area contributed by atoms with Crippen molar-refractivity contribution >= 4 is 27.1 Å². The van der Waals surface area contributed by atoms with Crippen LogP contribution in [0.4, 0.5) is 14.5 Å². The lowest BCUT2D eigenvalue weighted by molar-refractivity contribution is 0.0983. The van der Waals surface area contributed by atoms with Gasteiger partial charge in [0.1, 0.15) is 11.6 Å². The fraction of sp³-hybridized carbons (Fsp3) is 0.200. The second-order valence-electron chi connectivity index (χ2n) is 8.49. The Balaban J connectivity index is 1.48. The fourth-order valence-corrected chi connectivity index (χ4v) is 5.80. The van der Waals surface area contributed by atoms with Crippen LogP contribution in [-0.4, -0.2) is 30.5 Å². The third kappa shape index (κ3) is 4.25. The largest absolute Gasteiger partial charge is 0.364 e. The van der Waals surface area contributed by atoms with Crippen LogP contribution in [0.3, 0.4) is 0 Å². The van der Waals surface area contributed by atoms with Crippen LogP contribution >= 0.6 is 0 Å². The number of pyridine rings is 1. The van der Waals surface area contributed by atoms with Crippen molar-refractivity contribution in [3.63, 3.8) is 0 Å². The standard InChI is InChI=1S/C25H22F2N4O3S/c1-16-5-2-3-7-24(16)35(33,34)29-25(32)20-15-28-31-12-10-18(14-23(20)31)30-11-4-6-22(30)19-13-17(26)8-9-21(19)27/h2-3,5,7-10,12-15,22H,4,6,11H2,1H3,(H,29,32)/t22-/m1/s1. The van der Waals surface area contributed by atoms with Gasteiger partial charge in [-0.05, 0) is 61.7 Å². The smallest absolute Gasteiger partial charge is 0.268 e. The molecule has 0 aliphatic carbocycles. The maximum Gasteiger partial charge on any atom is 0.268 e. The van der Waals surface area contributed by atoms with Gasteiger partial charge in [-0.25, -0.2) is 26.4 Å². The molecule has 1 aliphatic rings. The molecule has 7 nitrogen and oxygen atoms in total. The zero-order valence-electron chi connectivity index (χ0n) is 18.8. The van der Waals surface area contributed by atoms with E-state index in [1.54, 1.807) is 43.5 Å². The van der Waals surface area contributed by atoms with Crippen LogP contribution in [0.1, 0.15) is 40.4 Å². The second-order valence-corrected chi connectivity index (χ2v) is 10.1. The van der Waals surface area contributed by atoms with E-state index in [-0.39, 0.29) is 22.1 Å². The number of carbonyl (C=O) groups is 1. The van der Waals surface area contributed by atoms with Gasteiger partial charge >= 0.3 is 0 Å². The predicted molar refractivity (Wildman–Crippen MR) is 127 cm³/mol. The van der Waals surface area contributed by atoms with E-state index >= 15 is 0 Å². The molecule has 35 heavy (non-hydrogen) atoms. The van der Waals surface area contributed by atoms with Gasteiger partial charge in [0.05, 0.1) is 28.2 Å². The first-order valence-corrected chi connectivity index (χ1v) is 12.5. The van der Waals surface area contributed by atoms with Crippen LogP contribution in [-0.2, 0) is 10.0 Å². The number of hydrogen-bond donors (Lipinski definition) is 1. The number of nitrogens with one attached hydrogen (secondary N) is 1. The minimum Gasteiger partial charge on any atom is -0.364 e. The molecule has 0 bridgehead atoms. The summed E-state index contributed by atoms with van der Waals surface area (Å²) in [4.78, 5) is 14.9. The highest BCUT2D eigenvalue weighted by Gasteiger charge is 2.30. The lowest BCUT2D eigenvalue weighted by Crippen LogP contribution is -2.31. The number of amides is 1. The van der Waals surface area contributed by atoms with E-state index in [0.717, 1.165) is 18.6 Å². The van der Waals surface area contributed by atoms with Gasteiger partial charge in [-0.15, -0.1) is 0 Å². The first kappa shape index (κ1) is 23.0. The lowest BCUT2D eigenvalue weighted by atomic mass is 10.0. The van der Waals surface area contributed by atoms with Gasteiger partial charge in [0.2, 0.25) is 0 Å². The molecule has 4 aromatic rings. The first-order valence-electron chi connectivity index (χ1n) is 11.1. The highest BCUT2D eigenvalue weighted by molar-refractivity contribution is 7.90. The molecule has 2 aromatic carbocycles. The number of aryl methyl sites for hydroxylation is 1. The summed E-state index contributed by atoms with van der Waals surface area (Å²) < 4.78 is 57.5. The molecule has 1 fully saturated rings. The number of hydrogen-bond acceptors (Lipinski definition) is 5. The molecule has 1 saturated heterocycles. The van der Waals surface area contributed by atoms with Crippen LogP contribution in [0.2, 0.25) is 0 Å². The van der Waals surface area contributed by atoms with Crippen molar-refractivity contribution in [1.29, 1.82) is 0 Å². The number of halogens is 2. The quantitative estimate of drug-likeness (QED) is 0.443. The van der Waals surface area contributed by atoms with Gasteiger partial charge in [-0.1, -0.05) is 18.2 Å². The summed E-state index contributed by atoms with van der Waals surface area (Å²) in [6.45, 7) is 2.27. The molecule has 0 unspecified atom stereocenters. The highest BCUT2D eigenvalue weighted by atomic mass is 32.2. The van der Waals surface area contributed by atoms with E-state index in [4.69, 9.17) is 0 Å². The molecule has 180 valence electrons. The number of rotatable bonds is 5. The molecule has 0 spiro atoms. The third-order valence-corrected chi connectivity index (χ3v) is 7.75. The molecule has 1 atom stereocenters. The lowest BCUT2D eigenvalue weighted by Gasteiger charge is -2.27. The molecule has 10 heteroatoms. The average Bonchev–Trinajstić information content (AvgIpc) is 3.47. The Kier molecular flexibility index (Phi) is 5.76. The van der Waals surface area contributed by atoms with Crippen molar-refractivity contribution in [2.24, 2.45) is 0 Å². The molecule has 1 amide bonds. The summed E-state index contributed by atoms with van der Waals surface area (Å²) in [5.41, 5.74) is 1.96. The summed E-state index contributed by atoms with van der Waals surface area (Å²) >= 11 is 0. The van der Waals surface area contributed by atoms with E-state index in [1.165, 1.54) is 22.8 Å². The van der Waals surface area contributed by atoms with Gasteiger partial charge in [0, 0.05) is 24.0 Å². The number of aromatic nitrogens is 2. The van der Waals surface area contributed by atoms with Crippen molar-refractivity contribution in [2.45, 2.75) is 30.7 Å². The van der Waals surface area contributed by atoms with Crippen LogP contribution in [0.25, 0.3) is 5.52 Å². The molecule has 1 N–H and O–H groups in total. The van der Waals surface area contributed by atoms with E-state index < -0.39 is 27.6 Å². The first-order chi connectivity index (χ1) is 16.7. The molecule has 3 heterocycles. The van der Waals surface area contributed by atoms with Gasteiger partial charge in [-0.2, -0.15) is 5.10 Å². The minimum atomic E-state index is -4.09. The molecule has 0 saturated carbocycles. The highest BCUT2D eigenvalue weighted by Crippen LogP contribution is 2.38. The monoisotopic (exact) mass is 496 g/mol. The number of sulfonamides is 1. The predicted octanol–water partition coefficient (Wildman–Crippen LogP) is 4.38. The fourth-order valence-electron chi connectivity index (χ4n) is 4.58. The van der Waals surface area contributed by atoms with Crippen LogP contribution in [0, 0.1) is 18.6 Å². The van der Waals surface area contributed by atoms with Gasteiger partial charge in [-0.3, -0.25) is 4.79 Å². The Morgan fingerprint density at radius 3 is 2.71 bits per heavy atom. The maximum atomic E-state index is 14.5. The number of anilines is 1. The normalized spacial score (nSPS) is 16.1. The Labute approximate surface area is 201 Å². The SMILES string of the molecule is Cc1ccccc1S(=O)(=O)NC(=O)c1cnn2ccc(N3CCC[C@@H]3c3cc(F)ccc3F)cc12. The van der Waals surface area contributed by atoms with Crippen molar-refractivity contribution in [2.75, 3.05) is 11.4 Å². The summed E-state index contributed by atoms with van der Waals surface area (Å²) in [6, 6.07) is 12.9. The number of nitrogens with zero attached hydrogens (tertiary/aromatic N) is 3. The number of benzene rings is 2. The van der Waals surface area contributed by atoms with Crippen molar-refractivity contribution < 1.29 is 22.0 Å². The number of fused-ring (bicyclic) bond motifs is 1. The summed E-state index contributed by atoms with van der Waals surface area (Å²) in [5.74, 6) is -1.79. The van der Waals surface area contributed by atoms with Crippen molar-refractivity contribution in [3.05, 3.63) is 95.3 Å². The molecular weight excluding hydrogens is 474 g/mol. The van der Waals surface area contributed by atoms with Crippen molar-refractivity contribution in [3.8, 4) is 0 Å².